The van der Waals surface area contributed by atoms with E-state index in [1.54, 1.807) is 19.2 Å². The van der Waals surface area contributed by atoms with Crippen molar-refractivity contribution in [1.29, 1.82) is 0 Å². The lowest BCUT2D eigenvalue weighted by molar-refractivity contribution is 0.0908. The Bertz CT molecular complexity index is 653. The van der Waals surface area contributed by atoms with Crippen LogP contribution in [0, 0.1) is 5.92 Å². The molecule has 1 heterocycles. The second kappa shape index (κ2) is 9.16. The molecule has 3 rings (SSSR count). The van der Waals surface area contributed by atoms with Gasteiger partial charge in [0.15, 0.2) is 11.5 Å². The summed E-state index contributed by atoms with van der Waals surface area (Å²) in [4.78, 5) is 15.2. The molecule has 2 fully saturated rings. The molecule has 2 aliphatic rings. The Morgan fingerprint density at radius 1 is 1.26 bits per heavy atom. The van der Waals surface area contributed by atoms with Crippen LogP contribution in [0.4, 0.5) is 0 Å². The van der Waals surface area contributed by atoms with Gasteiger partial charge in [0.05, 0.1) is 18.7 Å². The van der Waals surface area contributed by atoms with Gasteiger partial charge in [-0.2, -0.15) is 0 Å². The zero-order valence-corrected chi connectivity index (χ0v) is 17.3. The molecule has 1 saturated carbocycles. The normalized spacial score (nSPS) is 18.6. The van der Waals surface area contributed by atoms with Crippen molar-refractivity contribution in [1.82, 2.24) is 10.2 Å². The van der Waals surface area contributed by atoms with E-state index in [0.717, 1.165) is 38.4 Å². The number of carbonyl (C=O) groups excluding carboxylic acids is 1. The second-order valence-electron chi connectivity index (χ2n) is 8.04. The lowest BCUT2D eigenvalue weighted by Crippen LogP contribution is -2.45. The van der Waals surface area contributed by atoms with Gasteiger partial charge in [-0.3, -0.25) is 4.79 Å². The van der Waals surface area contributed by atoms with Crippen molar-refractivity contribution in [3.8, 4) is 11.5 Å². The number of nitrogens with one attached hydrogen (secondary N) is 1. The maximum absolute atomic E-state index is 12.7. The molecule has 1 N–H and O–H groups in total. The number of likely N-dealkylation sites (tertiary alicyclic amines) is 1. The SMILES string of the molecule is COc1cc(C(=O)NC2CCN(C3CC3)CC2)cc(Cl)c1OCCC(C)C. The Labute approximate surface area is 167 Å². The first-order valence-electron chi connectivity index (χ1n) is 10.0. The van der Waals surface area contributed by atoms with Gasteiger partial charge in [0, 0.05) is 30.7 Å². The van der Waals surface area contributed by atoms with E-state index in [1.807, 2.05) is 0 Å². The summed E-state index contributed by atoms with van der Waals surface area (Å²) in [6.45, 7) is 7.00. The van der Waals surface area contributed by atoms with Crippen LogP contribution in [0.5, 0.6) is 11.5 Å². The Balaban J connectivity index is 1.59. The Morgan fingerprint density at radius 3 is 2.56 bits per heavy atom. The molecule has 1 amide bonds. The number of carbonyl (C=O) groups is 1. The average molecular weight is 395 g/mol. The molecule has 0 spiro atoms. The van der Waals surface area contributed by atoms with Crippen molar-refractivity contribution < 1.29 is 14.3 Å². The highest BCUT2D eigenvalue weighted by Gasteiger charge is 2.32. The minimum atomic E-state index is -0.103. The standard InChI is InChI=1S/C21H31ClN2O3/c1-14(2)8-11-27-20-18(22)12-15(13-19(20)26-3)21(25)23-16-6-9-24(10-7-16)17-4-5-17/h12-14,16-17H,4-11H2,1-3H3,(H,23,25). The first-order chi connectivity index (χ1) is 13.0. The highest BCUT2D eigenvalue weighted by Crippen LogP contribution is 2.37. The Hall–Kier alpha value is -1.46. The molecule has 1 aromatic carbocycles. The van der Waals surface area contributed by atoms with Gasteiger partial charge in [0.25, 0.3) is 5.91 Å². The molecule has 5 nitrogen and oxygen atoms in total. The minimum Gasteiger partial charge on any atom is -0.493 e. The molecule has 6 heteroatoms. The number of methoxy groups -OCH3 is 1. The second-order valence-corrected chi connectivity index (χ2v) is 8.44. The quantitative estimate of drug-likeness (QED) is 0.720. The molecule has 0 atom stereocenters. The van der Waals surface area contributed by atoms with E-state index >= 15 is 0 Å². The van der Waals surface area contributed by atoms with Crippen LogP contribution in [0.3, 0.4) is 0 Å². The first-order valence-corrected chi connectivity index (χ1v) is 10.4. The van der Waals surface area contributed by atoms with Crippen LogP contribution in [0.25, 0.3) is 0 Å². The smallest absolute Gasteiger partial charge is 0.251 e. The summed E-state index contributed by atoms with van der Waals surface area (Å²) in [5, 5.41) is 3.56. The number of hydrogen-bond acceptors (Lipinski definition) is 4. The lowest BCUT2D eigenvalue weighted by atomic mass is 10.0. The van der Waals surface area contributed by atoms with E-state index in [-0.39, 0.29) is 11.9 Å². The molecule has 0 aromatic heterocycles. The average Bonchev–Trinajstić information content (AvgIpc) is 3.48. The first kappa shape index (κ1) is 20.3. The molecule has 0 radical (unpaired) electrons. The molecule has 150 valence electrons. The van der Waals surface area contributed by atoms with E-state index in [9.17, 15) is 4.79 Å². The Morgan fingerprint density at radius 2 is 1.96 bits per heavy atom. The summed E-state index contributed by atoms with van der Waals surface area (Å²) in [7, 11) is 1.57. The van der Waals surface area contributed by atoms with Crippen LogP contribution < -0.4 is 14.8 Å². The van der Waals surface area contributed by atoms with Gasteiger partial charge in [-0.25, -0.2) is 0 Å². The van der Waals surface area contributed by atoms with Crippen LogP contribution >= 0.6 is 11.6 Å². The van der Waals surface area contributed by atoms with Crippen molar-refractivity contribution in [2.45, 2.75) is 58.0 Å². The van der Waals surface area contributed by atoms with Gasteiger partial charge in [-0.05, 0) is 50.2 Å². The zero-order valence-electron chi connectivity index (χ0n) is 16.6. The summed E-state index contributed by atoms with van der Waals surface area (Å²) in [5.41, 5.74) is 0.512. The van der Waals surface area contributed by atoms with Crippen LogP contribution in [-0.4, -0.2) is 49.7 Å². The third-order valence-electron chi connectivity index (χ3n) is 5.36. The summed E-state index contributed by atoms with van der Waals surface area (Å²) < 4.78 is 11.2. The molecule has 0 unspecified atom stereocenters. The van der Waals surface area contributed by atoms with E-state index in [0.29, 0.717) is 34.6 Å². The third-order valence-corrected chi connectivity index (χ3v) is 5.64. The fraction of sp³-hybridized carbons (Fsp3) is 0.667. The van der Waals surface area contributed by atoms with Gasteiger partial charge < -0.3 is 19.7 Å². The van der Waals surface area contributed by atoms with Crippen molar-refractivity contribution in [2.24, 2.45) is 5.92 Å². The maximum Gasteiger partial charge on any atom is 0.251 e. The number of hydrogen-bond donors (Lipinski definition) is 1. The molecule has 1 aliphatic carbocycles. The topological polar surface area (TPSA) is 50.8 Å². The number of amides is 1. The molecule has 1 aliphatic heterocycles. The van der Waals surface area contributed by atoms with Crippen molar-refractivity contribution in [3.05, 3.63) is 22.7 Å². The van der Waals surface area contributed by atoms with Crippen molar-refractivity contribution in [2.75, 3.05) is 26.8 Å². The summed E-state index contributed by atoms with van der Waals surface area (Å²) in [5.74, 6) is 1.45. The predicted molar refractivity (Wildman–Crippen MR) is 108 cm³/mol. The van der Waals surface area contributed by atoms with E-state index in [2.05, 4.69) is 24.1 Å². The number of benzene rings is 1. The van der Waals surface area contributed by atoms with Crippen molar-refractivity contribution in [3.63, 3.8) is 0 Å². The van der Waals surface area contributed by atoms with Gasteiger partial charge >= 0.3 is 0 Å². The van der Waals surface area contributed by atoms with Gasteiger partial charge in [-0.15, -0.1) is 0 Å². The number of ether oxygens (including phenoxy) is 2. The van der Waals surface area contributed by atoms with Crippen LogP contribution in [-0.2, 0) is 0 Å². The van der Waals surface area contributed by atoms with E-state index in [1.165, 1.54) is 12.8 Å². The van der Waals surface area contributed by atoms with Crippen LogP contribution in [0.15, 0.2) is 12.1 Å². The minimum absolute atomic E-state index is 0.103. The van der Waals surface area contributed by atoms with Gasteiger partial charge in [0.1, 0.15) is 0 Å². The molecular formula is C21H31ClN2O3. The van der Waals surface area contributed by atoms with Crippen LogP contribution in [0.2, 0.25) is 5.02 Å². The fourth-order valence-corrected chi connectivity index (χ4v) is 3.77. The molecule has 1 aromatic rings. The summed E-state index contributed by atoms with van der Waals surface area (Å²) in [6, 6.07) is 4.40. The van der Waals surface area contributed by atoms with Crippen LogP contribution in [0.1, 0.15) is 56.3 Å². The fourth-order valence-electron chi connectivity index (χ4n) is 3.51. The highest BCUT2D eigenvalue weighted by molar-refractivity contribution is 6.32. The highest BCUT2D eigenvalue weighted by atomic mass is 35.5. The Kier molecular flexibility index (Phi) is 6.88. The summed E-state index contributed by atoms with van der Waals surface area (Å²) >= 11 is 6.38. The predicted octanol–water partition coefficient (Wildman–Crippen LogP) is 4.13. The number of halogens is 1. The molecule has 0 bridgehead atoms. The van der Waals surface area contributed by atoms with E-state index in [4.69, 9.17) is 21.1 Å². The molecule has 27 heavy (non-hydrogen) atoms. The summed E-state index contributed by atoms with van der Waals surface area (Å²) in [6.07, 6.45) is 5.61. The lowest BCUT2D eigenvalue weighted by Gasteiger charge is -2.32. The third kappa shape index (κ3) is 5.52. The van der Waals surface area contributed by atoms with Gasteiger partial charge in [0.2, 0.25) is 0 Å². The van der Waals surface area contributed by atoms with Crippen molar-refractivity contribution >= 4 is 17.5 Å². The number of nitrogens with zero attached hydrogens (tertiary/aromatic N) is 1. The van der Waals surface area contributed by atoms with Gasteiger partial charge in [-0.1, -0.05) is 25.4 Å². The number of rotatable bonds is 8. The molecular weight excluding hydrogens is 364 g/mol. The zero-order chi connectivity index (χ0) is 19.4. The monoisotopic (exact) mass is 394 g/mol. The largest absolute Gasteiger partial charge is 0.493 e. The van der Waals surface area contributed by atoms with E-state index < -0.39 is 0 Å². The molecule has 1 saturated heterocycles. The maximum atomic E-state index is 12.7. The number of piperidine rings is 1.